The van der Waals surface area contributed by atoms with Crippen LogP contribution in [-0.4, -0.2) is 227 Å². The normalized spacial score (nSPS) is 16.2. The number of likely N-dealkylation sites (tertiary alicyclic amines) is 3. The number of halogens is 4. The second kappa shape index (κ2) is 42.4. The van der Waals surface area contributed by atoms with Crippen molar-refractivity contribution in [2.24, 2.45) is 21.1 Å². The van der Waals surface area contributed by atoms with Gasteiger partial charge in [-0.15, -0.1) is 0 Å². The summed E-state index contributed by atoms with van der Waals surface area (Å²) in [6, 6.07) is 12.7. The molecule has 9 heterocycles. The van der Waals surface area contributed by atoms with E-state index in [2.05, 4.69) is 149 Å². The van der Waals surface area contributed by atoms with Crippen LogP contribution in [0.25, 0.3) is 0 Å². The maximum Gasteiger partial charge on any atom is 0.229 e. The summed E-state index contributed by atoms with van der Waals surface area (Å²) < 4.78 is 124. The van der Waals surface area contributed by atoms with Crippen molar-refractivity contribution in [1.82, 2.24) is 73.9 Å². The van der Waals surface area contributed by atoms with Crippen molar-refractivity contribution in [3.63, 3.8) is 0 Å². The molecule has 14 rings (SSSR count). The van der Waals surface area contributed by atoms with Gasteiger partial charge < -0.3 is 70.3 Å². The Morgan fingerprint density at radius 1 is 0.432 bits per heavy atom. The minimum Gasteiger partial charge on any atom is -0.492 e. The van der Waals surface area contributed by atoms with E-state index in [1.54, 1.807) is 95.5 Å². The summed E-state index contributed by atoms with van der Waals surface area (Å²) in [7, 11) is -2.46. The van der Waals surface area contributed by atoms with E-state index < -0.39 is 45.3 Å². The van der Waals surface area contributed by atoms with E-state index in [1.807, 2.05) is 6.92 Å². The van der Waals surface area contributed by atoms with E-state index in [-0.39, 0.29) is 89.8 Å². The zero-order valence-electron chi connectivity index (χ0n) is 74.0. The third-order valence-electron chi connectivity index (χ3n) is 23.1. The van der Waals surface area contributed by atoms with Crippen molar-refractivity contribution in [3.05, 3.63) is 122 Å². The van der Waals surface area contributed by atoms with E-state index in [4.69, 9.17) is 58.5 Å². The van der Waals surface area contributed by atoms with Gasteiger partial charge in [0.2, 0.25) is 62.4 Å². The topological polar surface area (TPSA) is 361 Å². The SMILES string of the molecule is CCOc1cc(C2CCN(CCOC)CC2)c(C)cc1Nc1ncc(Cl)c(Nc2cn(C)nc2S(=O)(=O)C(C)C)n1.COCCN1CCC(c2cc(OC3CCC3)c(Nc3ncc(Cl)c(Nc4cn(C)nc4S(=O)(=O)C(C)C)n3)cc2C)CC1.Cc1cc(Nc2ncc(Cl)c(Nc3cn(C)nc3S(=O)(=O)C(C)C)n2)c(OC2CC2)cc1C1CCN(CCF)CC1. The molecule has 2 saturated carbocycles. The first-order chi connectivity index (χ1) is 59.6. The van der Waals surface area contributed by atoms with E-state index in [1.165, 1.54) is 61.3 Å². The van der Waals surface area contributed by atoms with E-state index in [0.29, 0.717) is 42.5 Å². The molecular weight excluding hydrogens is 1720 g/mol. The Morgan fingerprint density at radius 2 is 0.736 bits per heavy atom. The summed E-state index contributed by atoms with van der Waals surface area (Å²) in [5.41, 5.74) is 10.5. The molecule has 0 atom stereocenters. The van der Waals surface area contributed by atoms with Gasteiger partial charge in [0.1, 0.15) is 39.0 Å². The highest BCUT2D eigenvalue weighted by Gasteiger charge is 2.35. The summed E-state index contributed by atoms with van der Waals surface area (Å²) in [6.07, 6.45) is 21.1. The van der Waals surface area contributed by atoms with Crippen LogP contribution < -0.4 is 46.1 Å². The second-order valence-electron chi connectivity index (χ2n) is 33.3. The number of piperidine rings is 3. The van der Waals surface area contributed by atoms with Crippen molar-refractivity contribution >= 4 is 134 Å². The maximum atomic E-state index is 12.9. The van der Waals surface area contributed by atoms with Crippen LogP contribution in [0.5, 0.6) is 17.2 Å². The van der Waals surface area contributed by atoms with Crippen LogP contribution in [0.2, 0.25) is 15.1 Å². The number of ether oxygens (including phenoxy) is 5. The quantitative estimate of drug-likeness (QED) is 0.0215. The number of benzene rings is 3. The first-order valence-electron chi connectivity index (χ1n) is 42.8. The Hall–Kier alpha value is -8.82. The molecule has 2 aliphatic carbocycles. The fraction of sp³-hybridized carbons (Fsp3) is 0.547. The van der Waals surface area contributed by atoms with Crippen LogP contribution in [-0.2, 0) is 60.1 Å². The molecule has 680 valence electrons. The molecule has 0 bridgehead atoms. The molecule has 5 aliphatic rings. The molecule has 3 aromatic carbocycles. The Balaban J connectivity index is 0.000000171. The molecule has 3 aliphatic heterocycles. The second-order valence-corrected chi connectivity index (χ2v) is 41.8. The molecule has 39 heteroatoms. The maximum absolute atomic E-state index is 12.9. The largest absolute Gasteiger partial charge is 0.492 e. The first kappa shape index (κ1) is 95.3. The number of sulfone groups is 3. The Morgan fingerprint density at radius 3 is 1.02 bits per heavy atom. The van der Waals surface area contributed by atoms with Gasteiger partial charge in [0.05, 0.1) is 100 Å². The molecule has 5 fully saturated rings. The summed E-state index contributed by atoms with van der Waals surface area (Å²) in [6.45, 7) is 28.1. The minimum absolute atomic E-state index is 0.0545. The van der Waals surface area contributed by atoms with E-state index in [9.17, 15) is 29.6 Å². The summed E-state index contributed by atoms with van der Waals surface area (Å²) in [4.78, 5) is 33.9. The van der Waals surface area contributed by atoms with Crippen LogP contribution in [0.1, 0.15) is 170 Å². The predicted molar refractivity (Wildman–Crippen MR) is 489 cm³/mol. The number of alkyl halides is 1. The van der Waals surface area contributed by atoms with Gasteiger partial charge >= 0.3 is 0 Å². The number of aromatic nitrogens is 12. The van der Waals surface area contributed by atoms with Crippen LogP contribution >= 0.6 is 34.8 Å². The van der Waals surface area contributed by atoms with Gasteiger partial charge in [0.15, 0.2) is 17.5 Å². The van der Waals surface area contributed by atoms with Gasteiger partial charge in [-0.1, -0.05) is 34.8 Å². The van der Waals surface area contributed by atoms with Crippen LogP contribution in [0.3, 0.4) is 0 Å². The zero-order chi connectivity index (χ0) is 89.8. The van der Waals surface area contributed by atoms with Gasteiger partial charge in [0, 0.05) is 73.6 Å². The highest BCUT2D eigenvalue weighted by atomic mass is 35.5. The average molecular weight is 1840 g/mol. The molecule has 6 N–H and O–H groups in total. The summed E-state index contributed by atoms with van der Waals surface area (Å²) >= 11 is 19.3. The van der Waals surface area contributed by atoms with Crippen molar-refractivity contribution < 1.29 is 53.3 Å². The smallest absolute Gasteiger partial charge is 0.229 e. The van der Waals surface area contributed by atoms with Crippen molar-refractivity contribution in [1.29, 1.82) is 0 Å². The first-order valence-corrected chi connectivity index (χ1v) is 48.5. The molecule has 0 radical (unpaired) electrons. The third-order valence-corrected chi connectivity index (χ3v) is 30.1. The number of aryl methyl sites for hydroxylation is 6. The van der Waals surface area contributed by atoms with Gasteiger partial charge in [0.25, 0.3) is 0 Å². The molecule has 3 saturated heterocycles. The van der Waals surface area contributed by atoms with E-state index >= 15 is 0 Å². The number of nitrogens with one attached hydrogen (secondary N) is 6. The number of rotatable bonds is 35. The monoisotopic (exact) mass is 1840 g/mol. The van der Waals surface area contributed by atoms with Gasteiger partial charge in [-0.25, -0.2) is 44.6 Å². The number of hydrogen-bond acceptors (Lipinski definition) is 29. The summed E-state index contributed by atoms with van der Waals surface area (Å²) in [5.74, 6) is 5.20. The number of nitrogens with zero attached hydrogens (tertiary/aromatic N) is 15. The number of anilines is 12. The molecular formula is C86H119Cl3FN21O11S3. The molecule has 32 nitrogen and oxygen atoms in total. The van der Waals surface area contributed by atoms with Crippen LogP contribution in [0.4, 0.5) is 73.8 Å². The lowest BCUT2D eigenvalue weighted by Gasteiger charge is -2.33. The van der Waals surface area contributed by atoms with Gasteiger partial charge in [-0.2, -0.15) is 30.2 Å². The Labute approximate surface area is 748 Å². The number of hydrogen-bond donors (Lipinski definition) is 6. The molecule has 9 aromatic rings. The lowest BCUT2D eigenvalue weighted by molar-refractivity contribution is 0.120. The van der Waals surface area contributed by atoms with Gasteiger partial charge in [-0.05, 0) is 267 Å². The van der Waals surface area contributed by atoms with Crippen LogP contribution in [0, 0.1) is 20.8 Å². The van der Waals surface area contributed by atoms with Crippen LogP contribution in [0.15, 0.2) is 88.7 Å². The van der Waals surface area contributed by atoms with Crippen molar-refractivity contribution in [2.45, 2.75) is 201 Å². The Kier molecular flexibility index (Phi) is 32.3. The standard InChI is InChI=1S/C30H42ClN7O4S.C28H37ClFN7O3S.C28H40ClN7O4S/c1-19(2)43(39,40)29-26(18-37(4)36-29)33-28-24(31)17-32-30(35-28)34-25-15-20(3)23(16-27(25)42-22-7-6-8-22)21-9-11-38(12-10-21)13-14-41-5;1-17(2)41(38,39)27-24(16-36(4)35-27)32-26-22(29)15-31-28(34-26)33-23-13-18(3)21(14-25(23)40-20-5-6-20)19-7-10-37(11-8-19)12-9-30;1-7-40-25-15-21(20-8-10-36(11-9-20)12-13-39-6)19(4)14-23(25)32-28-30-16-22(29)26(33-28)31-24-17-35(5)34-27(24)41(37,38)18(2)3/h15-19,21-22H,6-14H2,1-5H3,(H2,32,33,34,35);13-17,19-20H,5-12H2,1-4H3,(H2,31,32,33,34);14-18,20H,7-13H2,1-6H3,(H2,30,31,32,33). The number of methoxy groups -OCH3 is 2. The van der Waals surface area contributed by atoms with E-state index in [0.717, 1.165) is 175 Å². The fourth-order valence-corrected chi connectivity index (χ4v) is 19.2. The zero-order valence-corrected chi connectivity index (χ0v) is 78.7. The van der Waals surface area contributed by atoms with Crippen molar-refractivity contribution in [3.8, 4) is 17.2 Å². The predicted octanol–water partition coefficient (Wildman–Crippen LogP) is 16.2. The fourth-order valence-electron chi connectivity index (χ4n) is 15.4. The van der Waals surface area contributed by atoms with Crippen molar-refractivity contribution in [2.75, 3.05) is 132 Å². The molecule has 125 heavy (non-hydrogen) atoms. The molecule has 6 aromatic heterocycles. The highest BCUT2D eigenvalue weighted by Crippen LogP contribution is 2.45. The van der Waals surface area contributed by atoms with Gasteiger partial charge in [-0.3, -0.25) is 14.0 Å². The summed E-state index contributed by atoms with van der Waals surface area (Å²) in [5, 5.41) is 30.2. The lowest BCUT2D eigenvalue weighted by atomic mass is 9.86. The average Bonchev–Trinajstić information content (AvgIpc) is 1.70. The highest BCUT2D eigenvalue weighted by molar-refractivity contribution is 7.92. The third kappa shape index (κ3) is 24.1. The molecule has 0 spiro atoms. The lowest BCUT2D eigenvalue weighted by Crippen LogP contribution is -2.35. The molecule has 0 amide bonds. The Bertz CT molecular complexity index is 5560. The molecule has 0 unspecified atom stereocenters. The minimum atomic E-state index is -3.65.